The summed E-state index contributed by atoms with van der Waals surface area (Å²) in [5.41, 5.74) is 1.14. The highest BCUT2D eigenvalue weighted by atomic mass is 32.2. The summed E-state index contributed by atoms with van der Waals surface area (Å²) < 4.78 is 5.52. The summed E-state index contributed by atoms with van der Waals surface area (Å²) in [5.74, 6) is 1.72. The van der Waals surface area contributed by atoms with Gasteiger partial charge in [-0.3, -0.25) is 9.59 Å². The van der Waals surface area contributed by atoms with Crippen molar-refractivity contribution in [2.75, 3.05) is 5.75 Å². The summed E-state index contributed by atoms with van der Waals surface area (Å²) in [4.78, 5) is 24.7. The van der Waals surface area contributed by atoms with Crippen molar-refractivity contribution in [1.82, 2.24) is 0 Å². The van der Waals surface area contributed by atoms with Crippen LogP contribution in [0.15, 0.2) is 11.6 Å². The molecule has 0 aliphatic heterocycles. The van der Waals surface area contributed by atoms with E-state index in [1.807, 2.05) is 0 Å². The first kappa shape index (κ1) is 23.4. The molecule has 166 valence electrons. The smallest absolute Gasteiger partial charge is 0.302 e. The van der Waals surface area contributed by atoms with E-state index in [0.29, 0.717) is 23.4 Å². The van der Waals surface area contributed by atoms with Crippen molar-refractivity contribution in [3.05, 3.63) is 11.6 Å². The minimum Gasteiger partial charge on any atom is -0.462 e. The number of hydrogen-bond acceptors (Lipinski definition) is 5. The normalized spacial score (nSPS) is 37.9. The number of allylic oxidation sites excluding steroid dienone is 1. The maximum atomic E-state index is 13.3. The lowest BCUT2D eigenvalue weighted by atomic mass is 9.47. The highest BCUT2D eigenvalue weighted by Gasteiger charge is 2.56. The zero-order chi connectivity index (χ0) is 21.9. The summed E-state index contributed by atoms with van der Waals surface area (Å²) in [5, 5.41) is 9.92. The van der Waals surface area contributed by atoms with Crippen LogP contribution in [-0.4, -0.2) is 22.9 Å². The van der Waals surface area contributed by atoms with Crippen LogP contribution in [0.4, 0.5) is 0 Å². The molecule has 5 heteroatoms. The highest BCUT2D eigenvalue weighted by Crippen LogP contribution is 2.62. The number of nitrogens with zero attached hydrogens (tertiary/aromatic N) is 1. The van der Waals surface area contributed by atoms with E-state index < -0.39 is 5.41 Å². The van der Waals surface area contributed by atoms with Crippen molar-refractivity contribution in [2.24, 2.45) is 28.6 Å². The van der Waals surface area contributed by atoms with Crippen LogP contribution in [0, 0.1) is 39.9 Å². The molecule has 6 atom stereocenters. The molecule has 0 aromatic heterocycles. The van der Waals surface area contributed by atoms with E-state index in [1.54, 1.807) is 0 Å². The molecule has 0 radical (unpaired) electrons. The Labute approximate surface area is 186 Å². The van der Waals surface area contributed by atoms with Gasteiger partial charge in [0.25, 0.3) is 0 Å². The maximum absolute atomic E-state index is 13.3. The van der Waals surface area contributed by atoms with Gasteiger partial charge in [-0.05, 0) is 61.7 Å². The van der Waals surface area contributed by atoms with Gasteiger partial charge in [0.2, 0.25) is 0 Å². The number of hydrogen-bond donors (Lipinski definition) is 0. The van der Waals surface area contributed by atoms with Gasteiger partial charge in [0, 0.05) is 30.9 Å². The molecule has 0 N–H and O–H groups in total. The van der Waals surface area contributed by atoms with Crippen LogP contribution in [0.5, 0.6) is 0 Å². The van der Waals surface area contributed by atoms with Crippen molar-refractivity contribution in [2.45, 2.75) is 91.6 Å². The molecule has 0 unspecified atom stereocenters. The topological polar surface area (TPSA) is 67.2 Å². The fraction of sp³-hybridized carbons (Fsp3) is 0.800. The van der Waals surface area contributed by atoms with Crippen LogP contribution in [0.1, 0.15) is 85.5 Å². The fourth-order valence-corrected chi connectivity index (χ4v) is 7.69. The quantitative estimate of drug-likeness (QED) is 0.290. The zero-order valence-electron chi connectivity index (χ0n) is 19.0. The standard InChI is InChI=1S/C25H37NO3S/c1-5-6-15-30-23(28)25(4)13-10-21-20(22(25)11-14-26)8-7-18-16-19(29-17(2)27)9-12-24(18,21)3/h7,19-22H,5-6,8-13,15-16H2,1-4H3/t19-,20+,21-,22-,24-,25-/m0/s1. The van der Waals surface area contributed by atoms with E-state index in [4.69, 9.17) is 4.74 Å². The van der Waals surface area contributed by atoms with Gasteiger partial charge in [-0.1, -0.05) is 50.6 Å². The molecule has 0 bridgehead atoms. The molecule has 2 fully saturated rings. The molecule has 0 saturated heterocycles. The summed E-state index contributed by atoms with van der Waals surface area (Å²) in [7, 11) is 0. The van der Waals surface area contributed by atoms with E-state index >= 15 is 0 Å². The number of nitriles is 1. The number of carbonyl (C=O) groups is 2. The zero-order valence-corrected chi connectivity index (χ0v) is 19.9. The van der Waals surface area contributed by atoms with Crippen molar-refractivity contribution in [3.8, 4) is 6.07 Å². The predicted molar refractivity (Wildman–Crippen MR) is 121 cm³/mol. The number of fused-ring (bicyclic) bond motifs is 3. The molecule has 0 aromatic carbocycles. The third-order valence-electron chi connectivity index (χ3n) is 8.29. The van der Waals surface area contributed by atoms with Crippen molar-refractivity contribution < 1.29 is 14.3 Å². The van der Waals surface area contributed by atoms with Gasteiger partial charge >= 0.3 is 5.97 Å². The second-order valence-corrected chi connectivity index (χ2v) is 11.1. The molecular formula is C25H37NO3S. The first-order valence-electron chi connectivity index (χ1n) is 11.7. The molecule has 3 aliphatic carbocycles. The Balaban J connectivity index is 1.83. The lowest BCUT2D eigenvalue weighted by Gasteiger charge is -2.57. The number of carbonyl (C=O) groups excluding carboxylic acids is 2. The molecule has 0 spiro atoms. The number of thioether (sulfide) groups is 1. The number of ether oxygens (including phenoxy) is 1. The van der Waals surface area contributed by atoms with E-state index in [9.17, 15) is 14.9 Å². The van der Waals surface area contributed by atoms with Gasteiger partial charge in [-0.25, -0.2) is 0 Å². The van der Waals surface area contributed by atoms with E-state index in [2.05, 4.69) is 32.9 Å². The average molecular weight is 432 g/mol. The summed E-state index contributed by atoms with van der Waals surface area (Å²) in [6, 6.07) is 2.42. The monoisotopic (exact) mass is 431 g/mol. The first-order chi connectivity index (χ1) is 14.3. The summed E-state index contributed by atoms with van der Waals surface area (Å²) in [6.07, 6.45) is 10.6. The Morgan fingerprint density at radius 3 is 2.73 bits per heavy atom. The Morgan fingerprint density at radius 2 is 2.07 bits per heavy atom. The van der Waals surface area contributed by atoms with Gasteiger partial charge in [0.1, 0.15) is 6.10 Å². The van der Waals surface area contributed by atoms with Crippen LogP contribution >= 0.6 is 11.8 Å². The molecule has 2 saturated carbocycles. The van der Waals surface area contributed by atoms with Gasteiger partial charge < -0.3 is 4.74 Å². The van der Waals surface area contributed by atoms with Crippen LogP contribution in [-0.2, 0) is 14.3 Å². The first-order valence-corrected chi connectivity index (χ1v) is 12.7. The molecule has 3 aliphatic rings. The molecule has 4 nitrogen and oxygen atoms in total. The van der Waals surface area contributed by atoms with Gasteiger partial charge in [-0.2, -0.15) is 5.26 Å². The Bertz CT molecular complexity index is 741. The SMILES string of the molecule is CCCCSC(=O)[C@@]1(C)CC[C@H]2[C@@H](CC=C3C[C@@H](OC(C)=O)CC[C@@]32C)[C@@H]1CC#N. The number of esters is 1. The lowest BCUT2D eigenvalue weighted by molar-refractivity contribution is -0.148. The maximum Gasteiger partial charge on any atom is 0.302 e. The highest BCUT2D eigenvalue weighted by molar-refractivity contribution is 8.13. The van der Waals surface area contributed by atoms with Crippen LogP contribution in [0.2, 0.25) is 0 Å². The van der Waals surface area contributed by atoms with Gasteiger partial charge in [0.15, 0.2) is 5.12 Å². The van der Waals surface area contributed by atoms with Crippen LogP contribution in [0.3, 0.4) is 0 Å². The Hall–Kier alpha value is -1.28. The minimum atomic E-state index is -0.397. The van der Waals surface area contributed by atoms with Crippen molar-refractivity contribution >= 4 is 22.8 Å². The van der Waals surface area contributed by atoms with E-state index in [-0.39, 0.29) is 23.4 Å². The molecular weight excluding hydrogens is 394 g/mol. The van der Waals surface area contributed by atoms with Crippen molar-refractivity contribution in [3.63, 3.8) is 0 Å². The second kappa shape index (κ2) is 9.47. The second-order valence-electron chi connectivity index (χ2n) is 10.0. The number of rotatable bonds is 6. The summed E-state index contributed by atoms with van der Waals surface area (Å²) >= 11 is 1.49. The Morgan fingerprint density at radius 1 is 1.30 bits per heavy atom. The van der Waals surface area contributed by atoms with Gasteiger partial charge in [0.05, 0.1) is 6.07 Å². The lowest BCUT2D eigenvalue weighted by Crippen LogP contribution is -2.52. The average Bonchev–Trinajstić information content (AvgIpc) is 2.70. The minimum absolute atomic E-state index is 0.00122. The molecule has 0 heterocycles. The molecule has 30 heavy (non-hydrogen) atoms. The third-order valence-corrected chi connectivity index (χ3v) is 9.51. The molecule has 0 aromatic rings. The largest absolute Gasteiger partial charge is 0.462 e. The van der Waals surface area contributed by atoms with E-state index in [0.717, 1.165) is 57.1 Å². The molecule has 3 rings (SSSR count). The molecule has 0 amide bonds. The summed E-state index contributed by atoms with van der Waals surface area (Å²) in [6.45, 7) is 8.15. The van der Waals surface area contributed by atoms with Gasteiger partial charge in [-0.15, -0.1) is 0 Å². The fourth-order valence-electron chi connectivity index (χ4n) is 6.49. The van der Waals surface area contributed by atoms with E-state index in [1.165, 1.54) is 24.3 Å². The van der Waals surface area contributed by atoms with Crippen molar-refractivity contribution in [1.29, 1.82) is 5.26 Å². The number of unbranched alkanes of at least 4 members (excludes halogenated alkanes) is 1. The third kappa shape index (κ3) is 4.35. The van der Waals surface area contributed by atoms with Crippen LogP contribution in [0.25, 0.3) is 0 Å². The Kier molecular flexibility index (Phi) is 7.38. The predicted octanol–water partition coefficient (Wildman–Crippen LogP) is 6.06. The van der Waals surface area contributed by atoms with Crippen LogP contribution < -0.4 is 0 Å².